The number of Topliss-reactive ketones (excluding diaryl/α,β-unsaturated/α-hetero) is 1. The van der Waals surface area contributed by atoms with E-state index in [1.165, 1.54) is 6.08 Å². The molecule has 3 aliphatic rings. The van der Waals surface area contributed by atoms with Crippen LogP contribution in [0.15, 0.2) is 24.3 Å². The van der Waals surface area contributed by atoms with E-state index in [1.807, 2.05) is 12.1 Å². The number of aliphatic hydroxyl groups is 1. The van der Waals surface area contributed by atoms with Crippen LogP contribution in [0, 0.1) is 0 Å². The summed E-state index contributed by atoms with van der Waals surface area (Å²) in [5.74, 6) is 0.476. The zero-order valence-corrected chi connectivity index (χ0v) is 11.8. The molecule has 3 aliphatic carbocycles. The second kappa shape index (κ2) is 3.83. The van der Waals surface area contributed by atoms with E-state index >= 15 is 0 Å². The SMILES string of the molecule is COc1ccc2c3c1C(=O)C[C@@]31C=CC(=O)C[C@@]1(O)CC2. The summed E-state index contributed by atoms with van der Waals surface area (Å²) in [7, 11) is 1.55. The first-order valence-corrected chi connectivity index (χ1v) is 7.19. The Bertz CT molecular complexity index is 718. The summed E-state index contributed by atoms with van der Waals surface area (Å²) in [6.45, 7) is 0. The number of methoxy groups -OCH3 is 1. The summed E-state index contributed by atoms with van der Waals surface area (Å²) in [4.78, 5) is 24.3. The van der Waals surface area contributed by atoms with Gasteiger partial charge >= 0.3 is 0 Å². The van der Waals surface area contributed by atoms with Gasteiger partial charge in [-0.25, -0.2) is 0 Å². The molecule has 0 heterocycles. The van der Waals surface area contributed by atoms with Crippen LogP contribution in [-0.2, 0) is 16.6 Å². The van der Waals surface area contributed by atoms with Crippen LogP contribution in [0.25, 0.3) is 0 Å². The van der Waals surface area contributed by atoms with Crippen LogP contribution >= 0.6 is 0 Å². The summed E-state index contributed by atoms with van der Waals surface area (Å²) in [6, 6.07) is 3.80. The molecule has 1 N–H and O–H groups in total. The number of rotatable bonds is 1. The molecule has 108 valence electrons. The molecule has 0 radical (unpaired) electrons. The third kappa shape index (κ3) is 1.38. The quantitative estimate of drug-likeness (QED) is 0.853. The third-order valence-electron chi connectivity index (χ3n) is 5.30. The fraction of sp³-hybridized carbons (Fsp3) is 0.412. The van der Waals surface area contributed by atoms with E-state index in [-0.39, 0.29) is 24.4 Å². The molecule has 0 aromatic heterocycles. The van der Waals surface area contributed by atoms with E-state index in [2.05, 4.69) is 0 Å². The average Bonchev–Trinajstić information content (AvgIpc) is 2.77. The molecular weight excluding hydrogens is 268 g/mol. The maximum atomic E-state index is 12.6. The molecule has 0 aliphatic heterocycles. The van der Waals surface area contributed by atoms with Crippen LogP contribution in [-0.4, -0.2) is 29.4 Å². The predicted octanol–water partition coefficient (Wildman–Crippen LogP) is 1.73. The van der Waals surface area contributed by atoms with E-state index in [9.17, 15) is 14.7 Å². The van der Waals surface area contributed by atoms with Gasteiger partial charge in [-0.15, -0.1) is 0 Å². The van der Waals surface area contributed by atoms with Crippen LogP contribution < -0.4 is 4.74 Å². The molecule has 2 atom stereocenters. The highest BCUT2D eigenvalue weighted by Gasteiger charge is 2.60. The van der Waals surface area contributed by atoms with Gasteiger partial charge in [0.15, 0.2) is 11.6 Å². The number of aryl methyl sites for hydroxylation is 1. The minimum atomic E-state index is -1.15. The first-order valence-electron chi connectivity index (χ1n) is 7.19. The molecule has 0 bridgehead atoms. The Morgan fingerprint density at radius 2 is 2.05 bits per heavy atom. The second-order valence-electron chi connectivity index (χ2n) is 6.26. The van der Waals surface area contributed by atoms with Crippen molar-refractivity contribution in [1.29, 1.82) is 0 Å². The fourth-order valence-electron chi connectivity index (χ4n) is 4.31. The van der Waals surface area contributed by atoms with Crippen LogP contribution in [0.3, 0.4) is 0 Å². The summed E-state index contributed by atoms with van der Waals surface area (Å²) in [5, 5.41) is 11.1. The van der Waals surface area contributed by atoms with Crippen molar-refractivity contribution in [2.75, 3.05) is 7.11 Å². The summed E-state index contributed by atoms with van der Waals surface area (Å²) >= 11 is 0. The Kier molecular flexibility index (Phi) is 2.33. The monoisotopic (exact) mass is 284 g/mol. The van der Waals surface area contributed by atoms with E-state index < -0.39 is 11.0 Å². The predicted molar refractivity (Wildman–Crippen MR) is 75.7 cm³/mol. The maximum Gasteiger partial charge on any atom is 0.168 e. The molecule has 0 saturated heterocycles. The number of allylic oxidation sites excluding steroid dienone is 1. The molecule has 1 aromatic carbocycles. The Hall–Kier alpha value is -1.94. The largest absolute Gasteiger partial charge is 0.496 e. The van der Waals surface area contributed by atoms with Gasteiger partial charge in [-0.3, -0.25) is 9.59 Å². The highest BCUT2D eigenvalue weighted by atomic mass is 16.5. The zero-order chi connectivity index (χ0) is 14.8. The zero-order valence-electron chi connectivity index (χ0n) is 11.8. The lowest BCUT2D eigenvalue weighted by Gasteiger charge is -2.49. The van der Waals surface area contributed by atoms with E-state index in [0.29, 0.717) is 24.2 Å². The van der Waals surface area contributed by atoms with Crippen molar-refractivity contribution in [2.45, 2.75) is 36.7 Å². The number of hydrogen-bond acceptors (Lipinski definition) is 4. The maximum absolute atomic E-state index is 12.6. The first kappa shape index (κ1) is 12.8. The standard InChI is InChI=1S/C17H16O4/c1-21-13-3-2-10-4-7-17(20)8-11(18)5-6-16(17)9-12(19)14(13)15(10)16/h2-3,5-6,20H,4,7-9H2,1H3/t16-,17-/m0/s1. The number of benzene rings is 1. The number of ether oxygens (including phenoxy) is 1. The van der Waals surface area contributed by atoms with Gasteiger partial charge in [0.05, 0.1) is 23.7 Å². The number of carbonyl (C=O) groups is 2. The smallest absolute Gasteiger partial charge is 0.168 e. The van der Waals surface area contributed by atoms with Gasteiger partial charge in [0.25, 0.3) is 0 Å². The van der Waals surface area contributed by atoms with Gasteiger partial charge in [0.1, 0.15) is 5.75 Å². The van der Waals surface area contributed by atoms with Gasteiger partial charge in [-0.1, -0.05) is 12.1 Å². The van der Waals surface area contributed by atoms with Crippen molar-refractivity contribution < 1.29 is 19.4 Å². The normalized spacial score (nSPS) is 32.9. The lowest BCUT2D eigenvalue weighted by atomic mass is 9.57. The second-order valence-corrected chi connectivity index (χ2v) is 6.26. The van der Waals surface area contributed by atoms with Crippen LogP contribution in [0.1, 0.15) is 40.7 Å². The highest BCUT2D eigenvalue weighted by molar-refractivity contribution is 6.07. The Balaban J connectivity index is 2.07. The van der Waals surface area contributed by atoms with Gasteiger partial charge < -0.3 is 9.84 Å². The molecule has 4 rings (SSSR count). The lowest BCUT2D eigenvalue weighted by molar-refractivity contribution is -0.125. The van der Waals surface area contributed by atoms with Crippen LogP contribution in [0.2, 0.25) is 0 Å². The first-order chi connectivity index (χ1) is 10.0. The van der Waals surface area contributed by atoms with E-state index in [4.69, 9.17) is 4.74 Å². The van der Waals surface area contributed by atoms with Crippen LogP contribution in [0.4, 0.5) is 0 Å². The molecule has 4 heteroatoms. The van der Waals surface area contributed by atoms with Crippen molar-refractivity contribution in [1.82, 2.24) is 0 Å². The molecule has 0 amide bonds. The van der Waals surface area contributed by atoms with Crippen molar-refractivity contribution in [3.8, 4) is 5.75 Å². The van der Waals surface area contributed by atoms with Crippen molar-refractivity contribution >= 4 is 11.6 Å². The fourth-order valence-corrected chi connectivity index (χ4v) is 4.31. The Morgan fingerprint density at radius 3 is 2.81 bits per heavy atom. The van der Waals surface area contributed by atoms with Crippen molar-refractivity contribution in [3.05, 3.63) is 41.0 Å². The van der Waals surface area contributed by atoms with Gasteiger partial charge in [0.2, 0.25) is 0 Å². The highest BCUT2D eigenvalue weighted by Crippen LogP contribution is 2.57. The number of ketones is 2. The van der Waals surface area contributed by atoms with Crippen molar-refractivity contribution in [3.63, 3.8) is 0 Å². The molecule has 0 saturated carbocycles. The minimum Gasteiger partial charge on any atom is -0.496 e. The number of carbonyl (C=O) groups excluding carboxylic acids is 2. The van der Waals surface area contributed by atoms with Crippen molar-refractivity contribution in [2.24, 2.45) is 0 Å². The molecule has 1 spiro atoms. The Labute approximate surface area is 122 Å². The topological polar surface area (TPSA) is 63.6 Å². The van der Waals surface area contributed by atoms with Crippen LogP contribution in [0.5, 0.6) is 5.75 Å². The lowest BCUT2D eigenvalue weighted by Crippen LogP contribution is -2.55. The molecule has 1 aromatic rings. The Morgan fingerprint density at radius 1 is 1.24 bits per heavy atom. The van der Waals surface area contributed by atoms with Gasteiger partial charge in [-0.2, -0.15) is 0 Å². The average molecular weight is 284 g/mol. The molecule has 0 unspecified atom stereocenters. The minimum absolute atomic E-state index is 0.0111. The van der Waals surface area contributed by atoms with E-state index in [1.54, 1.807) is 13.2 Å². The molecular formula is C17H16O4. The van der Waals surface area contributed by atoms with Gasteiger partial charge in [-0.05, 0) is 36.1 Å². The molecule has 21 heavy (non-hydrogen) atoms. The molecule has 4 nitrogen and oxygen atoms in total. The summed E-state index contributed by atoms with van der Waals surface area (Å²) in [5.41, 5.74) is 0.644. The summed E-state index contributed by atoms with van der Waals surface area (Å²) in [6.07, 6.45) is 4.77. The number of hydrogen-bond donors (Lipinski definition) is 1. The third-order valence-corrected chi connectivity index (χ3v) is 5.30. The molecule has 0 fully saturated rings. The van der Waals surface area contributed by atoms with Gasteiger partial charge in [0, 0.05) is 12.8 Å². The summed E-state index contributed by atoms with van der Waals surface area (Å²) < 4.78 is 5.34. The van der Waals surface area contributed by atoms with E-state index in [0.717, 1.165) is 11.1 Å².